The van der Waals surface area contributed by atoms with E-state index in [1.165, 1.54) is 16.7 Å². The predicted molar refractivity (Wildman–Crippen MR) is 255 cm³/mol. The van der Waals surface area contributed by atoms with E-state index in [4.69, 9.17) is 8.83 Å². The number of fused-ring (bicyclic) bond motifs is 2. The van der Waals surface area contributed by atoms with Crippen molar-refractivity contribution in [2.75, 3.05) is 11.4 Å². The SMILES string of the molecule is CC(=O)N1CCc2cc(C3(C(=O)NC(c4ccc(C)o4)c4ccc(C)cc4C)CC3)ccc21.CC(=O)N1Cc2ccc(C3(C(=O)NC(c4ccc(C)o4)c4ccc(C)cc4C)CC3)cc2C1. The summed E-state index contributed by atoms with van der Waals surface area (Å²) in [6.45, 7) is 17.3. The van der Waals surface area contributed by atoms with Gasteiger partial charge in [-0.3, -0.25) is 19.2 Å². The lowest BCUT2D eigenvalue weighted by Gasteiger charge is -2.24. The van der Waals surface area contributed by atoms with Gasteiger partial charge in [-0.05, 0) is 154 Å². The second-order valence-electron chi connectivity index (χ2n) is 19.2. The van der Waals surface area contributed by atoms with E-state index in [9.17, 15) is 19.2 Å². The molecule has 2 aliphatic carbocycles. The third-order valence-corrected chi connectivity index (χ3v) is 14.3. The molecule has 6 aromatic rings. The molecule has 2 unspecified atom stereocenters. The van der Waals surface area contributed by atoms with Gasteiger partial charge in [0.2, 0.25) is 23.6 Å². The van der Waals surface area contributed by atoms with Crippen LogP contribution in [0.25, 0.3) is 0 Å². The summed E-state index contributed by atoms with van der Waals surface area (Å²) < 4.78 is 11.9. The number of nitrogens with zero attached hydrogens (tertiary/aromatic N) is 2. The van der Waals surface area contributed by atoms with Gasteiger partial charge in [0.05, 0.1) is 10.8 Å². The summed E-state index contributed by atoms with van der Waals surface area (Å²) >= 11 is 0. The number of furan rings is 2. The van der Waals surface area contributed by atoms with E-state index in [1.807, 2.05) is 60.0 Å². The van der Waals surface area contributed by atoms with Crippen molar-refractivity contribution in [1.29, 1.82) is 0 Å². The smallest absolute Gasteiger partial charge is 0.231 e. The minimum atomic E-state index is -0.517. The normalized spacial score (nSPS) is 16.9. The highest BCUT2D eigenvalue weighted by molar-refractivity contribution is 5.95. The molecule has 4 aliphatic rings. The lowest BCUT2D eigenvalue weighted by atomic mass is 9.90. The molecular weight excluding hydrogens is 825 g/mol. The van der Waals surface area contributed by atoms with Crippen LogP contribution in [-0.4, -0.2) is 35.1 Å². The van der Waals surface area contributed by atoms with Crippen molar-refractivity contribution >= 4 is 29.3 Å². The zero-order valence-corrected chi connectivity index (χ0v) is 39.4. The van der Waals surface area contributed by atoms with Gasteiger partial charge in [0.25, 0.3) is 0 Å². The average Bonchev–Trinajstić information content (AvgIpc) is 4.02. The molecule has 2 saturated carbocycles. The molecule has 0 bridgehead atoms. The maximum absolute atomic E-state index is 13.7. The Balaban J connectivity index is 0.000000166. The lowest BCUT2D eigenvalue weighted by Crippen LogP contribution is -2.38. The van der Waals surface area contributed by atoms with Crippen LogP contribution in [0.2, 0.25) is 0 Å². The molecule has 2 aliphatic heterocycles. The van der Waals surface area contributed by atoms with Crippen molar-refractivity contribution in [3.05, 3.63) is 181 Å². The van der Waals surface area contributed by atoms with Gasteiger partial charge in [-0.25, -0.2) is 0 Å². The molecule has 2 N–H and O–H groups in total. The molecule has 0 saturated heterocycles. The Bertz CT molecular complexity index is 2890. The molecule has 340 valence electrons. The third-order valence-electron chi connectivity index (χ3n) is 14.3. The van der Waals surface area contributed by atoms with Crippen LogP contribution in [0.15, 0.2) is 106 Å². The fourth-order valence-corrected chi connectivity index (χ4v) is 10.1. The Morgan fingerprint density at radius 1 is 0.545 bits per heavy atom. The number of amides is 4. The monoisotopic (exact) mass is 884 g/mol. The van der Waals surface area contributed by atoms with E-state index >= 15 is 0 Å². The highest BCUT2D eigenvalue weighted by Crippen LogP contribution is 2.51. The van der Waals surface area contributed by atoms with E-state index in [2.05, 4.69) is 99.0 Å². The Morgan fingerprint density at radius 3 is 1.47 bits per heavy atom. The fraction of sp³-hybridized carbons (Fsp3) is 0.357. The minimum absolute atomic E-state index is 0.0305. The summed E-state index contributed by atoms with van der Waals surface area (Å²) in [5, 5.41) is 6.64. The van der Waals surface area contributed by atoms with Gasteiger partial charge in [0, 0.05) is 39.2 Å². The first-order chi connectivity index (χ1) is 31.5. The Labute approximate surface area is 387 Å². The average molecular weight is 885 g/mol. The summed E-state index contributed by atoms with van der Waals surface area (Å²) in [4.78, 5) is 54.8. The first kappa shape index (κ1) is 44.5. The number of anilines is 1. The van der Waals surface area contributed by atoms with Gasteiger partial charge in [-0.15, -0.1) is 0 Å². The van der Waals surface area contributed by atoms with Crippen LogP contribution in [0.3, 0.4) is 0 Å². The maximum atomic E-state index is 13.7. The van der Waals surface area contributed by atoms with Gasteiger partial charge in [0.1, 0.15) is 35.1 Å². The number of hydrogen-bond donors (Lipinski definition) is 2. The van der Waals surface area contributed by atoms with Gasteiger partial charge >= 0.3 is 0 Å². The zero-order valence-electron chi connectivity index (χ0n) is 39.4. The molecule has 4 amide bonds. The van der Waals surface area contributed by atoms with Gasteiger partial charge in [-0.2, -0.15) is 0 Å². The van der Waals surface area contributed by atoms with Crippen LogP contribution < -0.4 is 15.5 Å². The third kappa shape index (κ3) is 8.49. The number of benzene rings is 4. The molecule has 10 rings (SSSR count). The second-order valence-corrected chi connectivity index (χ2v) is 19.2. The van der Waals surface area contributed by atoms with Crippen LogP contribution in [0.5, 0.6) is 0 Å². The summed E-state index contributed by atoms with van der Waals surface area (Å²) in [5.74, 6) is 3.34. The molecule has 2 atom stereocenters. The Kier molecular flexibility index (Phi) is 11.7. The number of hydrogen-bond acceptors (Lipinski definition) is 6. The van der Waals surface area contributed by atoms with Gasteiger partial charge < -0.3 is 29.3 Å². The number of nitrogens with one attached hydrogen (secondary N) is 2. The predicted octanol–water partition coefficient (Wildman–Crippen LogP) is 10.1. The Morgan fingerprint density at radius 2 is 1.03 bits per heavy atom. The number of aryl methyl sites for hydroxylation is 6. The second kappa shape index (κ2) is 17.3. The standard InChI is InChI=1S/2C28H30N2O3/c1-17-5-9-24(18(2)13-17)26(25-10-6-19(3)33-25)29-27(32)28(11-12-28)23-8-7-21-15-30(20(4)31)16-22(21)14-23;1-17-5-8-23(18(2)15-17)26(25-10-6-19(3)33-25)29-27(32)28(12-13-28)22-7-9-24-21(16-22)11-14-30(24)20(4)31/h5-10,13-14,26H,11-12,15-16H2,1-4H3,(H,29,32);5-10,15-16,26H,11-14H2,1-4H3,(H,29,32). The largest absolute Gasteiger partial charge is 0.464 e. The van der Waals surface area contributed by atoms with Crippen LogP contribution in [0.4, 0.5) is 5.69 Å². The van der Waals surface area contributed by atoms with Gasteiger partial charge in [0.15, 0.2) is 0 Å². The first-order valence-corrected chi connectivity index (χ1v) is 23.2. The van der Waals surface area contributed by atoms with Crippen molar-refractivity contribution in [3.63, 3.8) is 0 Å². The summed E-state index contributed by atoms with van der Waals surface area (Å²) in [6, 6.07) is 32.1. The highest BCUT2D eigenvalue weighted by Gasteiger charge is 2.53. The molecule has 2 fully saturated rings. The van der Waals surface area contributed by atoms with E-state index in [0.717, 1.165) is 105 Å². The molecule has 10 nitrogen and oxygen atoms in total. The minimum Gasteiger partial charge on any atom is -0.464 e. The quantitative estimate of drug-likeness (QED) is 0.141. The summed E-state index contributed by atoms with van der Waals surface area (Å²) in [7, 11) is 0. The molecular formula is C56H60N4O6. The summed E-state index contributed by atoms with van der Waals surface area (Å²) in [6.07, 6.45) is 4.13. The fourth-order valence-electron chi connectivity index (χ4n) is 10.1. The van der Waals surface area contributed by atoms with Crippen molar-refractivity contribution < 1.29 is 28.0 Å². The van der Waals surface area contributed by atoms with Crippen LogP contribution >= 0.6 is 0 Å². The molecule has 4 heterocycles. The van der Waals surface area contributed by atoms with Crippen LogP contribution in [0.1, 0.15) is 136 Å². The number of carbonyl (C=O) groups is 4. The molecule has 66 heavy (non-hydrogen) atoms. The summed E-state index contributed by atoms with van der Waals surface area (Å²) in [5.41, 5.74) is 12.2. The molecule has 10 heteroatoms. The number of rotatable bonds is 10. The topological polar surface area (TPSA) is 125 Å². The van der Waals surface area contributed by atoms with Crippen molar-refractivity contribution in [2.24, 2.45) is 0 Å². The highest BCUT2D eigenvalue weighted by atomic mass is 16.3. The number of carbonyl (C=O) groups excluding carboxylic acids is 4. The van der Waals surface area contributed by atoms with E-state index in [-0.39, 0.29) is 35.7 Å². The maximum Gasteiger partial charge on any atom is 0.231 e. The Hall–Kier alpha value is -6.68. The first-order valence-electron chi connectivity index (χ1n) is 23.2. The van der Waals surface area contributed by atoms with E-state index < -0.39 is 10.8 Å². The van der Waals surface area contributed by atoms with Crippen molar-refractivity contribution in [1.82, 2.24) is 15.5 Å². The molecule has 2 aromatic heterocycles. The molecule has 4 aromatic carbocycles. The van der Waals surface area contributed by atoms with Crippen LogP contribution in [-0.2, 0) is 49.5 Å². The zero-order chi connectivity index (χ0) is 46.7. The van der Waals surface area contributed by atoms with E-state index in [1.54, 1.807) is 13.8 Å². The van der Waals surface area contributed by atoms with Crippen molar-refractivity contribution in [3.8, 4) is 0 Å². The molecule has 0 radical (unpaired) electrons. The van der Waals surface area contributed by atoms with Crippen molar-refractivity contribution in [2.45, 2.75) is 123 Å². The van der Waals surface area contributed by atoms with E-state index in [0.29, 0.717) is 19.6 Å². The van der Waals surface area contributed by atoms with Gasteiger partial charge in [-0.1, -0.05) is 77.9 Å². The molecule has 0 spiro atoms. The lowest BCUT2D eigenvalue weighted by molar-refractivity contribution is -0.129. The van der Waals surface area contributed by atoms with Crippen LogP contribution in [0, 0.1) is 41.5 Å².